The smallest absolute Gasteiger partial charge is 0.270 e. The Morgan fingerprint density at radius 3 is 2.83 bits per heavy atom. The summed E-state index contributed by atoms with van der Waals surface area (Å²) in [7, 11) is 0. The monoisotopic (exact) mass is 347 g/mol. The number of nitrogens with zero attached hydrogens (tertiary/aromatic N) is 1. The number of aromatic amines is 1. The van der Waals surface area contributed by atoms with E-state index < -0.39 is 0 Å². The van der Waals surface area contributed by atoms with Crippen molar-refractivity contribution in [2.75, 3.05) is 17.9 Å². The van der Waals surface area contributed by atoms with E-state index in [1.165, 1.54) is 11.8 Å². The lowest BCUT2D eigenvalue weighted by molar-refractivity contribution is -0.113. The van der Waals surface area contributed by atoms with Gasteiger partial charge in [-0.1, -0.05) is 6.07 Å². The predicted octanol–water partition coefficient (Wildman–Crippen LogP) is 2.26. The van der Waals surface area contributed by atoms with E-state index in [4.69, 9.17) is 9.47 Å². The first-order valence-electron chi connectivity index (χ1n) is 7.70. The highest BCUT2D eigenvalue weighted by molar-refractivity contribution is 8.00. The molecule has 7 nitrogen and oxygen atoms in total. The fourth-order valence-electron chi connectivity index (χ4n) is 2.97. The molecular formula is C16H17N3O4S. The molecule has 4 rings (SSSR count). The van der Waals surface area contributed by atoms with Crippen LogP contribution in [-0.2, 0) is 4.79 Å². The Hall–Kier alpha value is -2.35. The van der Waals surface area contributed by atoms with Gasteiger partial charge in [0.1, 0.15) is 5.82 Å². The minimum atomic E-state index is -0.253. The summed E-state index contributed by atoms with van der Waals surface area (Å²) in [6.45, 7) is 4.11. The Morgan fingerprint density at radius 2 is 2.04 bits per heavy atom. The quantitative estimate of drug-likeness (QED) is 0.870. The summed E-state index contributed by atoms with van der Waals surface area (Å²) in [6.07, 6.45) is 0. The molecule has 24 heavy (non-hydrogen) atoms. The number of fused-ring (bicyclic) bond motifs is 2. The van der Waals surface area contributed by atoms with Gasteiger partial charge in [-0.2, -0.15) is 0 Å². The number of benzene rings is 1. The second-order valence-electron chi connectivity index (χ2n) is 6.02. The molecule has 1 aromatic heterocycles. The molecule has 1 unspecified atom stereocenters. The maximum atomic E-state index is 12.6. The molecule has 0 fully saturated rings. The van der Waals surface area contributed by atoms with Gasteiger partial charge in [0.15, 0.2) is 11.5 Å². The van der Waals surface area contributed by atoms with Gasteiger partial charge >= 0.3 is 0 Å². The molecule has 3 heterocycles. The number of rotatable bonds is 2. The fraction of sp³-hybridized carbons (Fsp3) is 0.375. The van der Waals surface area contributed by atoms with Crippen LogP contribution in [0.25, 0.3) is 0 Å². The van der Waals surface area contributed by atoms with E-state index in [2.05, 4.69) is 10.4 Å². The third-order valence-corrected chi connectivity index (χ3v) is 5.35. The van der Waals surface area contributed by atoms with Gasteiger partial charge in [0, 0.05) is 6.04 Å². The lowest BCUT2D eigenvalue weighted by atomic mass is 10.1. The van der Waals surface area contributed by atoms with Crippen LogP contribution in [0.3, 0.4) is 0 Å². The summed E-state index contributed by atoms with van der Waals surface area (Å²) in [5, 5.41) is 5.44. The first-order chi connectivity index (χ1) is 11.5. The molecule has 1 amide bonds. The van der Waals surface area contributed by atoms with Crippen molar-refractivity contribution in [1.29, 1.82) is 0 Å². The van der Waals surface area contributed by atoms with Crippen LogP contribution >= 0.6 is 11.8 Å². The summed E-state index contributed by atoms with van der Waals surface area (Å²) in [4.78, 5) is 24.7. The van der Waals surface area contributed by atoms with Gasteiger partial charge in [0.05, 0.1) is 16.6 Å². The minimum Gasteiger partial charge on any atom is -0.454 e. The summed E-state index contributed by atoms with van der Waals surface area (Å²) in [5.74, 6) is 2.08. The van der Waals surface area contributed by atoms with Gasteiger partial charge in [-0.25, -0.2) is 0 Å². The third kappa shape index (κ3) is 2.37. The van der Waals surface area contributed by atoms with Crippen molar-refractivity contribution < 1.29 is 14.3 Å². The number of aromatic nitrogens is 2. The lowest BCUT2D eigenvalue weighted by Crippen LogP contribution is -2.17. The summed E-state index contributed by atoms with van der Waals surface area (Å²) < 4.78 is 12.5. The highest BCUT2D eigenvalue weighted by Gasteiger charge is 2.31. The van der Waals surface area contributed by atoms with E-state index in [1.54, 1.807) is 4.68 Å². The van der Waals surface area contributed by atoms with Gasteiger partial charge in [0.2, 0.25) is 12.7 Å². The number of amides is 1. The molecular weight excluding hydrogens is 330 g/mol. The number of hydrogen-bond donors (Lipinski definition) is 2. The molecule has 126 valence electrons. The average Bonchev–Trinajstić information content (AvgIpc) is 3.08. The van der Waals surface area contributed by atoms with E-state index in [1.807, 2.05) is 32.0 Å². The topological polar surface area (TPSA) is 85.4 Å². The molecule has 0 saturated heterocycles. The number of ether oxygens (including phenoxy) is 2. The zero-order valence-corrected chi connectivity index (χ0v) is 14.1. The predicted molar refractivity (Wildman–Crippen MR) is 90.9 cm³/mol. The molecule has 8 heteroatoms. The number of nitrogens with one attached hydrogen (secondary N) is 2. The van der Waals surface area contributed by atoms with Gasteiger partial charge in [-0.05, 0) is 31.5 Å². The van der Waals surface area contributed by atoms with Crippen LogP contribution in [0.15, 0.2) is 23.0 Å². The standard InChI is InChI=1S/C16H17N3O4S/c1-8(2)19-15-13(16(21)18-19)14(24-6-12(20)17-15)9-3-4-10-11(5-9)23-7-22-10/h3-5,8,14H,6-7H2,1-2H3,(H,17,20)(H,18,21). The zero-order valence-electron chi connectivity index (χ0n) is 13.3. The van der Waals surface area contributed by atoms with Crippen molar-refractivity contribution in [2.24, 2.45) is 0 Å². The van der Waals surface area contributed by atoms with E-state index in [9.17, 15) is 9.59 Å². The van der Waals surface area contributed by atoms with Crippen molar-refractivity contribution in [3.8, 4) is 11.5 Å². The van der Waals surface area contributed by atoms with E-state index in [0.29, 0.717) is 22.9 Å². The molecule has 0 saturated carbocycles. The molecule has 0 radical (unpaired) electrons. The van der Waals surface area contributed by atoms with E-state index in [0.717, 1.165) is 5.56 Å². The van der Waals surface area contributed by atoms with Gasteiger partial charge < -0.3 is 14.8 Å². The van der Waals surface area contributed by atoms with Crippen molar-refractivity contribution in [2.45, 2.75) is 25.1 Å². The van der Waals surface area contributed by atoms with Crippen molar-refractivity contribution in [3.63, 3.8) is 0 Å². The largest absolute Gasteiger partial charge is 0.454 e. The van der Waals surface area contributed by atoms with Crippen LogP contribution in [-0.4, -0.2) is 28.2 Å². The highest BCUT2D eigenvalue weighted by atomic mass is 32.2. The third-order valence-electron chi connectivity index (χ3n) is 4.08. The van der Waals surface area contributed by atoms with Crippen LogP contribution < -0.4 is 20.3 Å². The zero-order chi connectivity index (χ0) is 16.8. The van der Waals surface area contributed by atoms with Crippen molar-refractivity contribution in [3.05, 3.63) is 39.7 Å². The molecule has 2 aliphatic rings. The van der Waals surface area contributed by atoms with Crippen LogP contribution in [0.2, 0.25) is 0 Å². The summed E-state index contributed by atoms with van der Waals surface area (Å²) in [5.41, 5.74) is 1.29. The Bertz CT molecular complexity index is 871. The van der Waals surface area contributed by atoms with Crippen LogP contribution in [0.1, 0.15) is 36.3 Å². The van der Waals surface area contributed by atoms with Gasteiger partial charge in [-0.15, -0.1) is 11.8 Å². The van der Waals surface area contributed by atoms with E-state index >= 15 is 0 Å². The maximum Gasteiger partial charge on any atom is 0.270 e. The Kier molecular flexibility index (Phi) is 3.56. The Balaban J connectivity index is 1.86. The van der Waals surface area contributed by atoms with E-state index in [-0.39, 0.29) is 35.3 Å². The molecule has 2 aromatic rings. The van der Waals surface area contributed by atoms with Crippen LogP contribution in [0.5, 0.6) is 11.5 Å². The summed E-state index contributed by atoms with van der Waals surface area (Å²) in [6, 6.07) is 5.66. The normalized spacial score (nSPS) is 19.1. The number of thioether (sulfide) groups is 1. The Morgan fingerprint density at radius 1 is 1.25 bits per heavy atom. The summed E-state index contributed by atoms with van der Waals surface area (Å²) >= 11 is 1.43. The molecule has 1 aromatic carbocycles. The average molecular weight is 347 g/mol. The van der Waals surface area contributed by atoms with Crippen LogP contribution in [0, 0.1) is 0 Å². The molecule has 0 spiro atoms. The first kappa shape index (κ1) is 15.2. The molecule has 0 bridgehead atoms. The highest BCUT2D eigenvalue weighted by Crippen LogP contribution is 2.43. The molecule has 2 aliphatic heterocycles. The van der Waals surface area contributed by atoms with Crippen LogP contribution in [0.4, 0.5) is 5.82 Å². The number of H-pyrrole nitrogens is 1. The second kappa shape index (κ2) is 5.62. The number of anilines is 1. The van der Waals surface area contributed by atoms with Crippen molar-refractivity contribution >= 4 is 23.5 Å². The number of carbonyl (C=O) groups excluding carboxylic acids is 1. The first-order valence-corrected chi connectivity index (χ1v) is 8.75. The van der Waals surface area contributed by atoms with Crippen molar-refractivity contribution in [1.82, 2.24) is 9.78 Å². The molecule has 2 N–H and O–H groups in total. The SMILES string of the molecule is CC(C)n1[nH]c(=O)c2c1NC(=O)CSC2c1ccc2c(c1)OCO2. The fourth-order valence-corrected chi connectivity index (χ4v) is 4.09. The van der Waals surface area contributed by atoms with Gasteiger partial charge in [-0.3, -0.25) is 19.4 Å². The molecule has 1 atom stereocenters. The second-order valence-corrected chi connectivity index (χ2v) is 7.11. The number of hydrogen-bond acceptors (Lipinski definition) is 5. The number of carbonyl (C=O) groups is 1. The molecule has 0 aliphatic carbocycles. The maximum absolute atomic E-state index is 12.6. The minimum absolute atomic E-state index is 0.0299. The lowest BCUT2D eigenvalue weighted by Gasteiger charge is -2.15. The Labute approximate surface area is 142 Å². The van der Waals surface area contributed by atoms with Gasteiger partial charge in [0.25, 0.3) is 5.56 Å².